The summed E-state index contributed by atoms with van der Waals surface area (Å²) in [5.74, 6) is 2.22. The van der Waals surface area contributed by atoms with Gasteiger partial charge in [0.25, 0.3) is 0 Å². The molecule has 0 aromatic carbocycles. The van der Waals surface area contributed by atoms with Gasteiger partial charge in [-0.15, -0.1) is 0 Å². The third kappa shape index (κ3) is 4.17. The Balaban J connectivity index is 1.91. The summed E-state index contributed by atoms with van der Waals surface area (Å²) in [7, 11) is 0. The maximum absolute atomic E-state index is 12.0. The predicted molar refractivity (Wildman–Crippen MR) is 81.9 cm³/mol. The van der Waals surface area contributed by atoms with Crippen LogP contribution in [-0.4, -0.2) is 27.2 Å². The number of aryl methyl sites for hydroxylation is 1. The van der Waals surface area contributed by atoms with Crippen molar-refractivity contribution in [2.75, 3.05) is 6.54 Å². The summed E-state index contributed by atoms with van der Waals surface area (Å²) in [4.78, 5) is 16.4. The molecule has 1 amide bonds. The van der Waals surface area contributed by atoms with E-state index < -0.39 is 0 Å². The Kier molecular flexibility index (Phi) is 5.32. The molecule has 0 unspecified atom stereocenters. The lowest BCUT2D eigenvalue weighted by atomic mass is 10.1. The summed E-state index contributed by atoms with van der Waals surface area (Å²) in [6.07, 6.45) is 2.28. The van der Waals surface area contributed by atoms with Crippen LogP contribution in [0.4, 0.5) is 0 Å². The minimum atomic E-state index is -0.239. The number of carbonyl (C=O) groups excluding carboxylic acids is 1. The van der Waals surface area contributed by atoms with Crippen LogP contribution < -0.4 is 11.1 Å². The monoisotopic (exact) mass is 305 g/mol. The second kappa shape index (κ2) is 7.22. The maximum Gasteiger partial charge on any atom is 0.241 e. The first-order valence-corrected chi connectivity index (χ1v) is 7.43. The molecular formula is C15H23N5O2. The summed E-state index contributed by atoms with van der Waals surface area (Å²) in [5.41, 5.74) is 6.12. The fraction of sp³-hybridized carbons (Fsp3) is 0.533. The molecular weight excluding hydrogens is 282 g/mol. The number of hydrogen-bond donors (Lipinski definition) is 2. The number of nitrogens with zero attached hydrogens (tertiary/aromatic N) is 3. The average Bonchev–Trinajstić information content (AvgIpc) is 3.07. The van der Waals surface area contributed by atoms with E-state index >= 15 is 0 Å². The Morgan fingerprint density at radius 3 is 2.91 bits per heavy atom. The summed E-state index contributed by atoms with van der Waals surface area (Å²) in [6.45, 7) is 6.47. The number of hydrogen-bond acceptors (Lipinski definition) is 5. The van der Waals surface area contributed by atoms with E-state index in [1.54, 1.807) is 17.9 Å². The van der Waals surface area contributed by atoms with Crippen LogP contribution in [0, 0.1) is 12.8 Å². The second-order valence-corrected chi connectivity index (χ2v) is 5.62. The smallest absolute Gasteiger partial charge is 0.241 e. The van der Waals surface area contributed by atoms with Gasteiger partial charge in [-0.25, -0.2) is 9.67 Å². The van der Waals surface area contributed by atoms with Gasteiger partial charge in [-0.2, -0.15) is 5.10 Å². The molecule has 7 heteroatoms. The van der Waals surface area contributed by atoms with Crippen LogP contribution in [0.15, 0.2) is 22.8 Å². The second-order valence-electron chi connectivity index (χ2n) is 5.62. The van der Waals surface area contributed by atoms with Crippen LogP contribution in [0.1, 0.15) is 37.3 Å². The molecule has 0 saturated heterocycles. The molecule has 22 heavy (non-hydrogen) atoms. The topological polar surface area (TPSA) is 99.0 Å². The highest BCUT2D eigenvalue weighted by molar-refractivity contribution is 5.75. The molecule has 0 saturated carbocycles. The average molecular weight is 305 g/mol. The first kappa shape index (κ1) is 16.2. The number of aromatic nitrogens is 3. The Morgan fingerprint density at radius 1 is 1.50 bits per heavy atom. The zero-order valence-electron chi connectivity index (χ0n) is 13.2. The van der Waals surface area contributed by atoms with Gasteiger partial charge in [0, 0.05) is 13.0 Å². The molecule has 0 aliphatic rings. The van der Waals surface area contributed by atoms with E-state index in [0.717, 1.165) is 5.76 Å². The molecule has 0 radical (unpaired) electrons. The summed E-state index contributed by atoms with van der Waals surface area (Å²) in [6, 6.07) is 3.47. The van der Waals surface area contributed by atoms with Crippen molar-refractivity contribution < 1.29 is 9.21 Å². The highest BCUT2D eigenvalue weighted by Gasteiger charge is 2.19. The Labute approximate surface area is 129 Å². The van der Waals surface area contributed by atoms with E-state index in [2.05, 4.69) is 15.4 Å². The number of furan rings is 1. The number of carbonyl (C=O) groups is 1. The van der Waals surface area contributed by atoms with Gasteiger partial charge in [0.2, 0.25) is 5.91 Å². The van der Waals surface area contributed by atoms with Gasteiger partial charge in [0.1, 0.15) is 24.0 Å². The fourth-order valence-corrected chi connectivity index (χ4v) is 2.10. The Morgan fingerprint density at radius 2 is 2.27 bits per heavy atom. The molecule has 2 aromatic heterocycles. The minimum Gasteiger partial charge on any atom is -0.469 e. The lowest BCUT2D eigenvalue weighted by Crippen LogP contribution is -2.32. The van der Waals surface area contributed by atoms with Crippen LogP contribution in [0.2, 0.25) is 0 Å². The quantitative estimate of drug-likeness (QED) is 0.800. The minimum absolute atomic E-state index is 0.117. The maximum atomic E-state index is 12.0. The molecule has 0 bridgehead atoms. The van der Waals surface area contributed by atoms with Crippen molar-refractivity contribution in [3.8, 4) is 0 Å². The third-order valence-corrected chi connectivity index (χ3v) is 3.39. The summed E-state index contributed by atoms with van der Waals surface area (Å²) in [5, 5.41) is 7.10. The van der Waals surface area contributed by atoms with Crippen molar-refractivity contribution in [2.24, 2.45) is 11.7 Å². The van der Waals surface area contributed by atoms with Crippen LogP contribution in [0.5, 0.6) is 0 Å². The van der Waals surface area contributed by atoms with Gasteiger partial charge < -0.3 is 15.5 Å². The van der Waals surface area contributed by atoms with Crippen molar-refractivity contribution in [2.45, 2.75) is 39.8 Å². The van der Waals surface area contributed by atoms with Crippen molar-refractivity contribution in [3.05, 3.63) is 35.8 Å². The van der Waals surface area contributed by atoms with Crippen molar-refractivity contribution in [1.29, 1.82) is 0 Å². The van der Waals surface area contributed by atoms with Crippen molar-refractivity contribution in [3.63, 3.8) is 0 Å². The Bertz CT molecular complexity index is 603. The van der Waals surface area contributed by atoms with Gasteiger partial charge in [-0.1, -0.05) is 13.8 Å². The normalized spacial score (nSPS) is 12.6. The van der Waals surface area contributed by atoms with Gasteiger partial charge in [-0.05, 0) is 25.0 Å². The lowest BCUT2D eigenvalue weighted by Gasteiger charge is -2.15. The highest BCUT2D eigenvalue weighted by Crippen LogP contribution is 2.16. The van der Waals surface area contributed by atoms with Gasteiger partial charge in [0.05, 0.1) is 12.3 Å². The van der Waals surface area contributed by atoms with E-state index in [9.17, 15) is 4.79 Å². The highest BCUT2D eigenvalue weighted by atomic mass is 16.3. The zero-order valence-corrected chi connectivity index (χ0v) is 13.2. The molecule has 0 aliphatic heterocycles. The van der Waals surface area contributed by atoms with Gasteiger partial charge in [-0.3, -0.25) is 4.79 Å². The molecule has 1 atom stereocenters. The predicted octanol–water partition coefficient (Wildman–Crippen LogP) is 1.19. The standard InChI is InChI=1S/C15H23N5O2/c1-10(2)14(16)15-18-11(3)19-20(15)9-13(21)17-7-6-12-5-4-8-22-12/h4-5,8,10,14H,6-7,9,16H2,1-3H3,(H,17,21)/t14-/m0/s1. The van der Waals surface area contributed by atoms with E-state index in [-0.39, 0.29) is 24.4 Å². The molecule has 0 fully saturated rings. The fourth-order valence-electron chi connectivity index (χ4n) is 2.10. The molecule has 2 rings (SSSR count). The van der Waals surface area contributed by atoms with E-state index in [4.69, 9.17) is 10.2 Å². The number of nitrogens with two attached hydrogens (primary N) is 1. The molecule has 2 heterocycles. The number of rotatable bonds is 7. The molecule has 0 aliphatic carbocycles. The summed E-state index contributed by atoms with van der Waals surface area (Å²) < 4.78 is 6.80. The van der Waals surface area contributed by atoms with E-state index in [1.165, 1.54) is 0 Å². The molecule has 3 N–H and O–H groups in total. The number of amides is 1. The molecule has 0 spiro atoms. The SMILES string of the molecule is Cc1nc([C@@H](N)C(C)C)n(CC(=O)NCCc2ccco2)n1. The van der Waals surface area contributed by atoms with Crippen LogP contribution in [0.3, 0.4) is 0 Å². The van der Waals surface area contributed by atoms with E-state index in [1.807, 2.05) is 26.0 Å². The van der Waals surface area contributed by atoms with Crippen molar-refractivity contribution >= 4 is 5.91 Å². The van der Waals surface area contributed by atoms with Crippen LogP contribution in [-0.2, 0) is 17.8 Å². The van der Waals surface area contributed by atoms with Gasteiger partial charge >= 0.3 is 0 Å². The third-order valence-electron chi connectivity index (χ3n) is 3.39. The summed E-state index contributed by atoms with van der Waals surface area (Å²) >= 11 is 0. The lowest BCUT2D eigenvalue weighted by molar-refractivity contribution is -0.121. The molecule has 120 valence electrons. The largest absolute Gasteiger partial charge is 0.469 e. The zero-order chi connectivity index (χ0) is 16.1. The first-order valence-electron chi connectivity index (χ1n) is 7.43. The first-order chi connectivity index (χ1) is 10.5. The van der Waals surface area contributed by atoms with Crippen molar-refractivity contribution in [1.82, 2.24) is 20.1 Å². The molecule has 7 nitrogen and oxygen atoms in total. The van der Waals surface area contributed by atoms with E-state index in [0.29, 0.717) is 24.6 Å². The Hall–Kier alpha value is -2.15. The van der Waals surface area contributed by atoms with Crippen LogP contribution in [0.25, 0.3) is 0 Å². The van der Waals surface area contributed by atoms with Gasteiger partial charge in [0.15, 0.2) is 0 Å². The molecule has 2 aromatic rings. The van der Waals surface area contributed by atoms with Crippen LogP contribution >= 0.6 is 0 Å². The number of nitrogens with one attached hydrogen (secondary N) is 1.